The van der Waals surface area contributed by atoms with Gasteiger partial charge in [-0.25, -0.2) is 4.79 Å². The quantitative estimate of drug-likeness (QED) is 0.349. The molecule has 0 saturated carbocycles. The largest absolute Gasteiger partial charge is 0.478 e. The molecule has 10 heavy (non-hydrogen) atoms. The molecule has 0 bridgehead atoms. The zero-order valence-electron chi connectivity index (χ0n) is 5.75. The molecule has 0 aromatic rings. The molecule has 0 spiro atoms. The number of carboxylic acid groups (broad SMARTS) is 1. The van der Waals surface area contributed by atoms with Crippen molar-refractivity contribution in [2.75, 3.05) is 0 Å². The standard InChI is InChI=1S/C6H8O4/c1-4(6(8)9)3-10-5(2)7/h3H,1-2H3,(H,8,9). The van der Waals surface area contributed by atoms with Crippen LogP contribution in [0.25, 0.3) is 0 Å². The third-order valence-corrected chi connectivity index (χ3v) is 0.739. The molecule has 0 aromatic carbocycles. The zero-order valence-corrected chi connectivity index (χ0v) is 5.75. The summed E-state index contributed by atoms with van der Waals surface area (Å²) in [5.41, 5.74) is -0.00444. The van der Waals surface area contributed by atoms with Gasteiger partial charge in [-0.2, -0.15) is 0 Å². The molecule has 4 nitrogen and oxygen atoms in total. The van der Waals surface area contributed by atoms with Gasteiger partial charge >= 0.3 is 11.9 Å². The normalized spacial score (nSPS) is 10.8. The molecule has 0 saturated heterocycles. The van der Waals surface area contributed by atoms with E-state index < -0.39 is 11.9 Å². The average Bonchev–Trinajstić information content (AvgIpc) is 1.82. The first-order chi connectivity index (χ1) is 4.54. The Labute approximate surface area is 58.1 Å². The second-order valence-electron chi connectivity index (χ2n) is 1.72. The van der Waals surface area contributed by atoms with Crippen LogP contribution in [0.3, 0.4) is 0 Å². The van der Waals surface area contributed by atoms with E-state index in [0.717, 1.165) is 6.26 Å². The number of aliphatic carboxylic acids is 1. The van der Waals surface area contributed by atoms with Gasteiger partial charge in [-0.05, 0) is 6.92 Å². The second-order valence-corrected chi connectivity index (χ2v) is 1.72. The number of carbonyl (C=O) groups excluding carboxylic acids is 1. The summed E-state index contributed by atoms with van der Waals surface area (Å²) in [7, 11) is 0. The minimum Gasteiger partial charge on any atom is -0.478 e. The predicted octanol–water partition coefficient (Wildman–Crippen LogP) is 0.538. The van der Waals surface area contributed by atoms with E-state index in [1.807, 2.05) is 0 Å². The lowest BCUT2D eigenvalue weighted by atomic mass is 10.3. The monoisotopic (exact) mass is 144 g/mol. The number of carbonyl (C=O) groups is 2. The third-order valence-electron chi connectivity index (χ3n) is 0.739. The van der Waals surface area contributed by atoms with Gasteiger partial charge in [0.15, 0.2) is 0 Å². The average molecular weight is 144 g/mol. The summed E-state index contributed by atoms with van der Waals surface area (Å²) in [4.78, 5) is 20.2. The van der Waals surface area contributed by atoms with E-state index in [2.05, 4.69) is 4.74 Å². The Morgan fingerprint density at radius 1 is 1.40 bits per heavy atom. The van der Waals surface area contributed by atoms with Crippen LogP contribution < -0.4 is 0 Å². The van der Waals surface area contributed by atoms with Crippen molar-refractivity contribution in [3.05, 3.63) is 11.8 Å². The number of hydrogen-bond donors (Lipinski definition) is 1. The molecule has 0 aliphatic heterocycles. The number of ether oxygens (including phenoxy) is 1. The Morgan fingerprint density at radius 3 is 2.20 bits per heavy atom. The fourth-order valence-electron chi connectivity index (χ4n) is 0.222. The Morgan fingerprint density at radius 2 is 1.90 bits per heavy atom. The number of carboxylic acids is 1. The molecule has 0 radical (unpaired) electrons. The summed E-state index contributed by atoms with van der Waals surface area (Å²) in [6.07, 6.45) is 0.907. The number of rotatable bonds is 2. The van der Waals surface area contributed by atoms with Crippen LogP contribution in [0.15, 0.2) is 11.8 Å². The van der Waals surface area contributed by atoms with Gasteiger partial charge in [0.2, 0.25) is 0 Å². The molecule has 4 heteroatoms. The van der Waals surface area contributed by atoms with E-state index in [1.54, 1.807) is 0 Å². The van der Waals surface area contributed by atoms with Crippen LogP contribution in [0, 0.1) is 0 Å². The van der Waals surface area contributed by atoms with E-state index in [0.29, 0.717) is 0 Å². The van der Waals surface area contributed by atoms with Gasteiger partial charge in [0.1, 0.15) is 6.26 Å². The van der Waals surface area contributed by atoms with Crippen LogP contribution >= 0.6 is 0 Å². The fraction of sp³-hybridized carbons (Fsp3) is 0.333. The number of esters is 1. The van der Waals surface area contributed by atoms with E-state index in [-0.39, 0.29) is 5.57 Å². The molecule has 0 aromatic heterocycles. The van der Waals surface area contributed by atoms with Gasteiger partial charge in [0.25, 0.3) is 0 Å². The lowest BCUT2D eigenvalue weighted by Gasteiger charge is -1.92. The molecule has 0 rings (SSSR count). The summed E-state index contributed by atoms with van der Waals surface area (Å²) < 4.78 is 4.28. The van der Waals surface area contributed by atoms with Crippen LogP contribution in [-0.2, 0) is 14.3 Å². The predicted molar refractivity (Wildman–Crippen MR) is 33.2 cm³/mol. The van der Waals surface area contributed by atoms with E-state index in [9.17, 15) is 9.59 Å². The second kappa shape index (κ2) is 3.66. The topological polar surface area (TPSA) is 63.6 Å². The highest BCUT2D eigenvalue weighted by atomic mass is 16.5. The highest BCUT2D eigenvalue weighted by molar-refractivity contribution is 5.85. The van der Waals surface area contributed by atoms with E-state index in [1.165, 1.54) is 13.8 Å². The van der Waals surface area contributed by atoms with Gasteiger partial charge in [0.05, 0.1) is 5.57 Å². The zero-order chi connectivity index (χ0) is 8.15. The molecule has 1 N–H and O–H groups in total. The molecule has 0 unspecified atom stereocenters. The van der Waals surface area contributed by atoms with Crippen molar-refractivity contribution < 1.29 is 19.4 Å². The van der Waals surface area contributed by atoms with Crippen LogP contribution in [0.5, 0.6) is 0 Å². The lowest BCUT2D eigenvalue weighted by Crippen LogP contribution is -1.99. The molecule has 0 aliphatic rings. The SMILES string of the molecule is CC(=O)OC=C(C)C(=O)O. The molecule has 0 heterocycles. The minimum absolute atomic E-state index is 0.00444. The lowest BCUT2D eigenvalue weighted by molar-refractivity contribution is -0.135. The first-order valence-corrected chi connectivity index (χ1v) is 2.61. The molecule has 0 amide bonds. The van der Waals surface area contributed by atoms with E-state index >= 15 is 0 Å². The first kappa shape index (κ1) is 8.68. The summed E-state index contributed by atoms with van der Waals surface area (Å²) in [5.74, 6) is -1.62. The summed E-state index contributed by atoms with van der Waals surface area (Å²) in [5, 5.41) is 8.24. The highest BCUT2D eigenvalue weighted by Gasteiger charge is 1.99. The van der Waals surface area contributed by atoms with Gasteiger partial charge in [-0.3, -0.25) is 4.79 Å². The van der Waals surface area contributed by atoms with Crippen LogP contribution in [-0.4, -0.2) is 17.0 Å². The molecular formula is C6H8O4. The fourth-order valence-corrected chi connectivity index (χ4v) is 0.222. The maximum absolute atomic E-state index is 10.1. The van der Waals surface area contributed by atoms with E-state index in [4.69, 9.17) is 5.11 Å². The van der Waals surface area contributed by atoms with Gasteiger partial charge in [0, 0.05) is 6.92 Å². The maximum atomic E-state index is 10.1. The van der Waals surface area contributed by atoms with Crippen molar-refractivity contribution in [2.24, 2.45) is 0 Å². The van der Waals surface area contributed by atoms with Gasteiger partial charge < -0.3 is 9.84 Å². The van der Waals surface area contributed by atoms with Crippen molar-refractivity contribution in [2.45, 2.75) is 13.8 Å². The summed E-state index contributed by atoms with van der Waals surface area (Å²) in [6, 6.07) is 0. The Balaban J connectivity index is 3.92. The Hall–Kier alpha value is -1.32. The summed E-state index contributed by atoms with van der Waals surface area (Å²) >= 11 is 0. The first-order valence-electron chi connectivity index (χ1n) is 2.61. The molecule has 0 aliphatic carbocycles. The molecule has 56 valence electrons. The van der Waals surface area contributed by atoms with Gasteiger partial charge in [-0.15, -0.1) is 0 Å². The van der Waals surface area contributed by atoms with Gasteiger partial charge in [-0.1, -0.05) is 0 Å². The van der Waals surface area contributed by atoms with Crippen molar-refractivity contribution in [3.63, 3.8) is 0 Å². The van der Waals surface area contributed by atoms with Crippen molar-refractivity contribution >= 4 is 11.9 Å². The Bertz CT molecular complexity index is 180. The molecule has 0 atom stereocenters. The number of hydrogen-bond acceptors (Lipinski definition) is 3. The molecule has 0 fully saturated rings. The van der Waals surface area contributed by atoms with Crippen LogP contribution in [0.2, 0.25) is 0 Å². The van der Waals surface area contributed by atoms with Crippen molar-refractivity contribution in [1.82, 2.24) is 0 Å². The molecular weight excluding hydrogens is 136 g/mol. The summed E-state index contributed by atoms with van der Waals surface area (Å²) in [6.45, 7) is 2.54. The highest BCUT2D eigenvalue weighted by Crippen LogP contribution is 1.92. The smallest absolute Gasteiger partial charge is 0.334 e. The van der Waals surface area contributed by atoms with Crippen LogP contribution in [0.1, 0.15) is 13.8 Å². The van der Waals surface area contributed by atoms with Crippen molar-refractivity contribution in [1.29, 1.82) is 0 Å². The Kier molecular flexibility index (Phi) is 3.17. The minimum atomic E-state index is -1.10. The van der Waals surface area contributed by atoms with Crippen LogP contribution in [0.4, 0.5) is 0 Å². The maximum Gasteiger partial charge on any atom is 0.334 e. The third kappa shape index (κ3) is 3.65. The van der Waals surface area contributed by atoms with Crippen molar-refractivity contribution in [3.8, 4) is 0 Å².